The fourth-order valence-corrected chi connectivity index (χ4v) is 12.4. The molecule has 0 spiro atoms. The third kappa shape index (κ3) is 5.19. The van der Waals surface area contributed by atoms with E-state index in [1.165, 1.54) is 6.92 Å². The molecule has 1 heterocycles. The molecule has 0 aromatic carbocycles. The van der Waals surface area contributed by atoms with Crippen molar-refractivity contribution >= 4 is 17.7 Å². The number of likely N-dealkylation sites (N-methyl/N-ethyl adjacent to an activating group) is 1. The van der Waals surface area contributed by atoms with E-state index < -0.39 is 45.1 Å². The second-order valence-corrected chi connectivity index (χ2v) is 18.3. The number of ketones is 1. The van der Waals surface area contributed by atoms with E-state index in [1.807, 2.05) is 13.0 Å². The highest BCUT2D eigenvalue weighted by Gasteiger charge is 2.74. The molecule has 5 rings (SSSR count). The van der Waals surface area contributed by atoms with Crippen LogP contribution in [0.4, 0.5) is 0 Å². The van der Waals surface area contributed by atoms with Gasteiger partial charge in [0, 0.05) is 28.7 Å². The molecule has 272 valence electrons. The minimum Gasteiger partial charge on any atom is -0.481 e. The Bertz CT molecular complexity index is 1320. The second-order valence-electron chi connectivity index (χ2n) is 18.3. The SMILES string of the molecule is CCN(CC)C(C)(C)CO[C@H]1[C@H](OC(C)=O)C[C@@]23COC[C@@]1(C)C2CCC1C3=CC(=O)[C@@]2(C)[C@H](C(=O)O)[C@@](C)([C@H](C)C(C)C)CC[C@]12C. The quantitative estimate of drug-likeness (QED) is 0.244. The highest BCUT2D eigenvalue weighted by Crippen LogP contribution is 2.74. The molecule has 0 aromatic heterocycles. The molecule has 0 amide bonds. The first-order chi connectivity index (χ1) is 22.2. The number of fused-ring (bicyclic) bond motifs is 3. The number of carboxylic acid groups (broad SMARTS) is 1. The van der Waals surface area contributed by atoms with Crippen LogP contribution in [0.5, 0.6) is 0 Å². The molecule has 3 saturated carbocycles. The fourth-order valence-electron chi connectivity index (χ4n) is 12.4. The van der Waals surface area contributed by atoms with Crippen molar-refractivity contribution < 1.29 is 33.7 Å². The number of ether oxygens (including phenoxy) is 3. The van der Waals surface area contributed by atoms with Crippen LogP contribution in [0.2, 0.25) is 0 Å². The largest absolute Gasteiger partial charge is 0.481 e. The summed E-state index contributed by atoms with van der Waals surface area (Å²) in [7, 11) is 0. The van der Waals surface area contributed by atoms with Crippen LogP contribution in [0, 0.1) is 56.7 Å². The minimum atomic E-state index is -1.04. The summed E-state index contributed by atoms with van der Waals surface area (Å²) in [6, 6.07) is 0. The zero-order valence-electron chi connectivity index (χ0n) is 32.0. The molecular weight excluding hydrogens is 606 g/mol. The summed E-state index contributed by atoms with van der Waals surface area (Å²) in [6.45, 7) is 28.5. The molecule has 5 aliphatic rings. The lowest BCUT2D eigenvalue weighted by Gasteiger charge is -2.70. The first kappa shape index (κ1) is 37.5. The van der Waals surface area contributed by atoms with Gasteiger partial charge in [-0.2, -0.15) is 0 Å². The Labute approximate surface area is 290 Å². The summed E-state index contributed by atoms with van der Waals surface area (Å²) in [5.41, 5.74) is -2.10. The molecular formula is C40H65NO7. The summed E-state index contributed by atoms with van der Waals surface area (Å²) in [5.74, 6) is -1.37. The van der Waals surface area contributed by atoms with Crippen LogP contribution in [-0.4, -0.2) is 78.4 Å². The van der Waals surface area contributed by atoms with E-state index in [1.54, 1.807) is 0 Å². The van der Waals surface area contributed by atoms with Crippen LogP contribution < -0.4 is 0 Å². The summed E-state index contributed by atoms with van der Waals surface area (Å²) < 4.78 is 19.7. The lowest BCUT2D eigenvalue weighted by atomic mass is 9.34. The van der Waals surface area contributed by atoms with Gasteiger partial charge in [0.1, 0.15) is 12.2 Å². The van der Waals surface area contributed by atoms with Crippen molar-refractivity contribution in [1.29, 1.82) is 0 Å². The maximum Gasteiger partial charge on any atom is 0.308 e. The van der Waals surface area contributed by atoms with E-state index in [4.69, 9.17) is 14.2 Å². The van der Waals surface area contributed by atoms with Gasteiger partial charge in [-0.1, -0.05) is 67.9 Å². The zero-order valence-corrected chi connectivity index (χ0v) is 32.0. The number of rotatable bonds is 10. The predicted octanol–water partition coefficient (Wildman–Crippen LogP) is 7.19. The van der Waals surface area contributed by atoms with Crippen molar-refractivity contribution in [3.05, 3.63) is 11.6 Å². The maximum absolute atomic E-state index is 14.9. The van der Waals surface area contributed by atoms with Gasteiger partial charge in [-0.3, -0.25) is 19.3 Å². The van der Waals surface area contributed by atoms with Gasteiger partial charge in [0.15, 0.2) is 5.78 Å². The van der Waals surface area contributed by atoms with Crippen LogP contribution in [-0.2, 0) is 28.6 Å². The van der Waals surface area contributed by atoms with E-state index in [0.29, 0.717) is 32.2 Å². The summed E-state index contributed by atoms with van der Waals surface area (Å²) in [4.78, 5) is 43.3. The second kappa shape index (κ2) is 12.5. The number of carbonyl (C=O) groups excluding carboxylic acids is 2. The van der Waals surface area contributed by atoms with Gasteiger partial charge in [0.25, 0.3) is 0 Å². The molecule has 8 heteroatoms. The van der Waals surface area contributed by atoms with E-state index in [2.05, 4.69) is 74.1 Å². The van der Waals surface area contributed by atoms with Gasteiger partial charge in [-0.05, 0) is 99.6 Å². The minimum absolute atomic E-state index is 0.0419. The van der Waals surface area contributed by atoms with E-state index in [-0.39, 0.29) is 41.1 Å². The Kier molecular flexibility index (Phi) is 9.74. The van der Waals surface area contributed by atoms with Crippen LogP contribution in [0.15, 0.2) is 11.6 Å². The molecule has 11 atom stereocenters. The first-order valence-corrected chi connectivity index (χ1v) is 18.8. The van der Waals surface area contributed by atoms with Crippen molar-refractivity contribution in [3.63, 3.8) is 0 Å². The standard InChI is InChI=1S/C40H65NO7/c1-13-41(14-2)35(7,8)21-47-33-29(48-26(6)42)20-40-23-46-22-37(33,10)30(40)16-15-27-28(40)19-31(43)39(12)32(34(44)45)36(9,25(5)24(3)4)17-18-38(27,39)11/h19,24-25,27,29-30,32-33H,13-18,20-23H2,1-12H3,(H,44,45)/t25-,27?,29-,30?,32-,33+,36-,37+,38-,39+,40+/m1/s1. The van der Waals surface area contributed by atoms with Gasteiger partial charge in [0.05, 0.1) is 25.7 Å². The monoisotopic (exact) mass is 671 g/mol. The first-order valence-electron chi connectivity index (χ1n) is 18.8. The number of allylic oxidation sites excluding steroid dienone is 1. The smallest absolute Gasteiger partial charge is 0.308 e. The molecule has 1 N–H and O–H groups in total. The van der Waals surface area contributed by atoms with E-state index in [0.717, 1.165) is 44.3 Å². The molecule has 2 unspecified atom stereocenters. The van der Waals surface area contributed by atoms with E-state index >= 15 is 0 Å². The summed E-state index contributed by atoms with van der Waals surface area (Å²) >= 11 is 0. The molecule has 4 fully saturated rings. The Morgan fingerprint density at radius 2 is 1.71 bits per heavy atom. The third-order valence-corrected chi connectivity index (χ3v) is 15.5. The predicted molar refractivity (Wildman–Crippen MR) is 186 cm³/mol. The van der Waals surface area contributed by atoms with Crippen LogP contribution >= 0.6 is 0 Å². The number of esters is 1. The molecule has 2 bridgehead atoms. The zero-order chi connectivity index (χ0) is 35.8. The van der Waals surface area contributed by atoms with Crippen LogP contribution in [0.25, 0.3) is 0 Å². The summed E-state index contributed by atoms with van der Waals surface area (Å²) in [5, 5.41) is 11.0. The number of aliphatic carboxylic acids is 1. The van der Waals surface area contributed by atoms with Crippen molar-refractivity contribution in [3.8, 4) is 0 Å². The Morgan fingerprint density at radius 1 is 1.06 bits per heavy atom. The molecule has 0 aromatic rings. The van der Waals surface area contributed by atoms with Crippen LogP contribution in [0.3, 0.4) is 0 Å². The number of carbonyl (C=O) groups is 3. The third-order valence-electron chi connectivity index (χ3n) is 15.5. The molecule has 1 saturated heterocycles. The number of hydrogen-bond acceptors (Lipinski definition) is 7. The fraction of sp³-hybridized carbons (Fsp3) is 0.875. The van der Waals surface area contributed by atoms with Gasteiger partial charge in [-0.25, -0.2) is 0 Å². The van der Waals surface area contributed by atoms with Crippen molar-refractivity contribution in [2.75, 3.05) is 32.9 Å². The van der Waals surface area contributed by atoms with Gasteiger partial charge in [-0.15, -0.1) is 0 Å². The highest BCUT2D eigenvalue weighted by molar-refractivity contribution is 6.00. The average Bonchev–Trinajstić information content (AvgIpc) is 2.98. The summed E-state index contributed by atoms with van der Waals surface area (Å²) in [6.07, 6.45) is 4.97. The molecule has 8 nitrogen and oxygen atoms in total. The number of nitrogens with zero attached hydrogens (tertiary/aromatic N) is 1. The van der Waals surface area contributed by atoms with E-state index in [9.17, 15) is 19.5 Å². The number of carboxylic acids is 1. The Hall–Kier alpha value is -1.77. The van der Waals surface area contributed by atoms with Crippen molar-refractivity contribution in [1.82, 2.24) is 4.90 Å². The van der Waals surface area contributed by atoms with Gasteiger partial charge in [0.2, 0.25) is 0 Å². The van der Waals surface area contributed by atoms with Crippen molar-refractivity contribution in [2.45, 2.75) is 133 Å². The normalized spacial score (nSPS) is 43.2. The molecule has 1 aliphatic heterocycles. The lowest BCUT2D eigenvalue weighted by Crippen LogP contribution is -2.71. The maximum atomic E-state index is 14.9. The Morgan fingerprint density at radius 3 is 2.27 bits per heavy atom. The molecule has 4 aliphatic carbocycles. The lowest BCUT2D eigenvalue weighted by molar-refractivity contribution is -0.269. The average molecular weight is 672 g/mol. The highest BCUT2D eigenvalue weighted by atomic mass is 16.6. The number of hydrogen-bond donors (Lipinski definition) is 1. The molecule has 0 radical (unpaired) electrons. The topological polar surface area (TPSA) is 102 Å². The van der Waals surface area contributed by atoms with Gasteiger partial charge >= 0.3 is 11.9 Å². The van der Waals surface area contributed by atoms with Gasteiger partial charge < -0.3 is 19.3 Å². The Balaban J connectivity index is 1.60. The van der Waals surface area contributed by atoms with Crippen molar-refractivity contribution in [2.24, 2.45) is 56.7 Å². The molecule has 48 heavy (non-hydrogen) atoms. The van der Waals surface area contributed by atoms with Crippen LogP contribution in [0.1, 0.15) is 115 Å².